The van der Waals surface area contributed by atoms with Gasteiger partial charge in [0.1, 0.15) is 5.82 Å². The summed E-state index contributed by atoms with van der Waals surface area (Å²) in [6.07, 6.45) is 4.25. The van der Waals surface area contributed by atoms with Crippen molar-refractivity contribution in [3.8, 4) is 0 Å². The number of hydrogen-bond acceptors (Lipinski definition) is 2. The van der Waals surface area contributed by atoms with Gasteiger partial charge in [0, 0.05) is 18.8 Å². The van der Waals surface area contributed by atoms with Crippen LogP contribution >= 0.6 is 11.6 Å². The van der Waals surface area contributed by atoms with Crippen LogP contribution in [0.25, 0.3) is 0 Å². The monoisotopic (exact) mass is 238 g/mol. The lowest BCUT2D eigenvalue weighted by atomic mass is 9.85. The lowest BCUT2D eigenvalue weighted by Gasteiger charge is -2.35. The van der Waals surface area contributed by atoms with E-state index in [1.165, 1.54) is 12.8 Å². The maximum absolute atomic E-state index is 5.86. The van der Waals surface area contributed by atoms with E-state index in [1.54, 1.807) is 6.20 Å². The maximum Gasteiger partial charge on any atom is 0.128 e. The molecule has 2 heterocycles. The Labute approximate surface area is 103 Å². The molecule has 0 aliphatic carbocycles. The van der Waals surface area contributed by atoms with Gasteiger partial charge in [0.05, 0.1) is 5.02 Å². The normalized spacial score (nSPS) is 21.5. The summed E-state index contributed by atoms with van der Waals surface area (Å²) in [5.74, 6) is 1.06. The third-order valence-corrected chi connectivity index (χ3v) is 3.48. The van der Waals surface area contributed by atoms with Crippen molar-refractivity contribution in [1.82, 2.24) is 4.98 Å². The number of halogens is 1. The number of aromatic nitrogens is 1. The van der Waals surface area contributed by atoms with Crippen LogP contribution in [-0.4, -0.2) is 17.6 Å². The SMILES string of the molecule is CC(C)(C)C1CCCN1c1ccc(Cl)cn1. The number of rotatable bonds is 1. The van der Waals surface area contributed by atoms with E-state index in [4.69, 9.17) is 11.6 Å². The highest BCUT2D eigenvalue weighted by atomic mass is 35.5. The summed E-state index contributed by atoms with van der Waals surface area (Å²) in [4.78, 5) is 6.83. The van der Waals surface area contributed by atoms with Crippen LogP contribution in [0.4, 0.5) is 5.82 Å². The van der Waals surface area contributed by atoms with E-state index < -0.39 is 0 Å². The topological polar surface area (TPSA) is 16.1 Å². The van der Waals surface area contributed by atoms with E-state index in [0.29, 0.717) is 16.5 Å². The molecule has 0 aromatic carbocycles. The molecular formula is C13H19ClN2. The minimum Gasteiger partial charge on any atom is -0.353 e. The summed E-state index contributed by atoms with van der Waals surface area (Å²) >= 11 is 5.86. The van der Waals surface area contributed by atoms with Crippen molar-refractivity contribution in [2.45, 2.75) is 39.7 Å². The van der Waals surface area contributed by atoms with Gasteiger partial charge in [-0.25, -0.2) is 4.98 Å². The molecule has 1 saturated heterocycles. The number of pyridine rings is 1. The van der Waals surface area contributed by atoms with Crippen molar-refractivity contribution in [3.05, 3.63) is 23.4 Å². The van der Waals surface area contributed by atoms with Crippen LogP contribution in [0.5, 0.6) is 0 Å². The van der Waals surface area contributed by atoms with Gasteiger partial charge >= 0.3 is 0 Å². The molecule has 1 atom stereocenters. The van der Waals surface area contributed by atoms with Crippen molar-refractivity contribution in [3.63, 3.8) is 0 Å². The second kappa shape index (κ2) is 4.25. The molecule has 0 spiro atoms. The molecule has 0 saturated carbocycles. The van der Waals surface area contributed by atoms with E-state index in [9.17, 15) is 0 Å². The summed E-state index contributed by atoms with van der Waals surface area (Å²) in [7, 11) is 0. The zero-order valence-electron chi connectivity index (χ0n) is 10.2. The minimum absolute atomic E-state index is 0.303. The summed E-state index contributed by atoms with van der Waals surface area (Å²) in [6.45, 7) is 8.00. The molecule has 0 N–H and O–H groups in total. The van der Waals surface area contributed by atoms with E-state index in [0.717, 1.165) is 12.4 Å². The molecule has 2 rings (SSSR count). The van der Waals surface area contributed by atoms with E-state index in [2.05, 4.69) is 30.7 Å². The van der Waals surface area contributed by atoms with Gasteiger partial charge in [-0.15, -0.1) is 0 Å². The van der Waals surface area contributed by atoms with E-state index in [1.807, 2.05) is 12.1 Å². The van der Waals surface area contributed by atoms with Crippen molar-refractivity contribution < 1.29 is 0 Å². The van der Waals surface area contributed by atoms with Crippen molar-refractivity contribution in [1.29, 1.82) is 0 Å². The van der Waals surface area contributed by atoms with Crippen molar-refractivity contribution >= 4 is 17.4 Å². The molecule has 1 aromatic rings. The molecule has 1 aliphatic rings. The van der Waals surface area contributed by atoms with Gasteiger partial charge in [0.2, 0.25) is 0 Å². The fourth-order valence-corrected chi connectivity index (χ4v) is 2.59. The van der Waals surface area contributed by atoms with E-state index in [-0.39, 0.29) is 0 Å². The molecule has 16 heavy (non-hydrogen) atoms. The van der Waals surface area contributed by atoms with Crippen LogP contribution in [0, 0.1) is 5.41 Å². The summed E-state index contributed by atoms with van der Waals surface area (Å²) in [6, 6.07) is 4.52. The number of anilines is 1. The second-order valence-corrected chi connectivity index (χ2v) is 5.99. The van der Waals surface area contributed by atoms with Crippen LogP contribution < -0.4 is 4.90 Å². The molecule has 2 nitrogen and oxygen atoms in total. The lowest BCUT2D eigenvalue weighted by molar-refractivity contribution is 0.319. The Morgan fingerprint density at radius 2 is 2.12 bits per heavy atom. The average molecular weight is 239 g/mol. The Hall–Kier alpha value is -0.760. The van der Waals surface area contributed by atoms with Crippen LogP contribution in [0.15, 0.2) is 18.3 Å². The Bertz CT molecular complexity index is 353. The molecule has 1 fully saturated rings. The van der Waals surface area contributed by atoms with Gasteiger partial charge in [-0.2, -0.15) is 0 Å². The quantitative estimate of drug-likeness (QED) is 0.741. The highest BCUT2D eigenvalue weighted by molar-refractivity contribution is 6.30. The molecule has 88 valence electrons. The molecule has 1 aliphatic heterocycles. The highest BCUT2D eigenvalue weighted by Gasteiger charge is 2.34. The predicted octanol–water partition coefficient (Wildman–Crippen LogP) is 3.75. The van der Waals surface area contributed by atoms with Crippen LogP contribution in [-0.2, 0) is 0 Å². The summed E-state index contributed by atoms with van der Waals surface area (Å²) < 4.78 is 0. The predicted molar refractivity (Wildman–Crippen MR) is 69.1 cm³/mol. The van der Waals surface area contributed by atoms with Crippen molar-refractivity contribution in [2.24, 2.45) is 5.41 Å². The Morgan fingerprint density at radius 1 is 1.38 bits per heavy atom. The number of hydrogen-bond donors (Lipinski definition) is 0. The van der Waals surface area contributed by atoms with Gasteiger partial charge in [-0.05, 0) is 30.4 Å². The summed E-state index contributed by atoms with van der Waals surface area (Å²) in [5, 5.41) is 0.704. The van der Waals surface area contributed by atoms with Crippen LogP contribution in [0.1, 0.15) is 33.6 Å². The lowest BCUT2D eigenvalue weighted by Crippen LogP contribution is -2.39. The van der Waals surface area contributed by atoms with E-state index >= 15 is 0 Å². The molecule has 1 aromatic heterocycles. The Kier molecular flexibility index (Phi) is 3.11. The smallest absolute Gasteiger partial charge is 0.128 e. The molecule has 0 amide bonds. The fraction of sp³-hybridized carbons (Fsp3) is 0.615. The summed E-state index contributed by atoms with van der Waals surface area (Å²) in [5.41, 5.74) is 0.303. The molecule has 0 bridgehead atoms. The van der Waals surface area contributed by atoms with Crippen LogP contribution in [0.2, 0.25) is 5.02 Å². The minimum atomic E-state index is 0.303. The molecule has 1 unspecified atom stereocenters. The van der Waals surface area contributed by atoms with Gasteiger partial charge in [-0.1, -0.05) is 32.4 Å². The third kappa shape index (κ3) is 2.32. The zero-order valence-corrected chi connectivity index (χ0v) is 11.0. The first-order valence-corrected chi connectivity index (χ1v) is 6.24. The Balaban J connectivity index is 2.23. The molecule has 0 radical (unpaired) electrons. The first-order valence-electron chi connectivity index (χ1n) is 5.87. The first-order chi connectivity index (χ1) is 7.48. The Morgan fingerprint density at radius 3 is 2.69 bits per heavy atom. The van der Waals surface area contributed by atoms with Gasteiger partial charge in [0.25, 0.3) is 0 Å². The van der Waals surface area contributed by atoms with Crippen molar-refractivity contribution in [2.75, 3.05) is 11.4 Å². The number of nitrogens with zero attached hydrogens (tertiary/aromatic N) is 2. The highest BCUT2D eigenvalue weighted by Crippen LogP contribution is 2.35. The van der Waals surface area contributed by atoms with Gasteiger partial charge in [-0.3, -0.25) is 0 Å². The van der Waals surface area contributed by atoms with Gasteiger partial charge in [0.15, 0.2) is 0 Å². The molecular weight excluding hydrogens is 220 g/mol. The standard InChI is InChI=1S/C13H19ClN2/c1-13(2,3)11-5-4-8-16(11)12-7-6-10(14)9-15-12/h6-7,9,11H,4-5,8H2,1-3H3. The first kappa shape index (κ1) is 11.7. The third-order valence-electron chi connectivity index (χ3n) is 3.26. The zero-order chi connectivity index (χ0) is 11.8. The van der Waals surface area contributed by atoms with Gasteiger partial charge < -0.3 is 4.90 Å². The fourth-order valence-electron chi connectivity index (χ4n) is 2.48. The largest absolute Gasteiger partial charge is 0.353 e. The van der Waals surface area contributed by atoms with Crippen LogP contribution in [0.3, 0.4) is 0 Å². The average Bonchev–Trinajstić information content (AvgIpc) is 2.66. The maximum atomic E-state index is 5.86. The molecule has 3 heteroatoms. The second-order valence-electron chi connectivity index (χ2n) is 5.55.